The van der Waals surface area contributed by atoms with E-state index in [4.69, 9.17) is 13.3 Å². The van der Waals surface area contributed by atoms with Crippen molar-refractivity contribution in [3.63, 3.8) is 0 Å². The van der Waals surface area contributed by atoms with Crippen LogP contribution < -0.4 is 0 Å². The van der Waals surface area contributed by atoms with E-state index < -0.39 is 8.80 Å². The predicted molar refractivity (Wildman–Crippen MR) is 94.5 cm³/mol. The van der Waals surface area contributed by atoms with Crippen LogP contribution in [-0.2, 0) is 13.3 Å². The smallest absolute Gasteiger partial charge is 0.373 e. The minimum Gasteiger partial charge on any atom is -0.373 e. The highest BCUT2D eigenvalue weighted by Crippen LogP contribution is 2.20. The maximum atomic E-state index is 5.58. The van der Waals surface area contributed by atoms with Gasteiger partial charge in [-0.2, -0.15) is 0 Å². The fourth-order valence-electron chi connectivity index (χ4n) is 2.16. The molecule has 0 aliphatic rings. The molecule has 3 nitrogen and oxygen atoms in total. The summed E-state index contributed by atoms with van der Waals surface area (Å²) in [7, 11) is 1.76. The zero-order chi connectivity index (χ0) is 16.5. The molecule has 0 amide bonds. The van der Waals surface area contributed by atoms with Crippen LogP contribution in [0.4, 0.5) is 0 Å². The molecule has 0 N–H and O–H groups in total. The molecule has 118 valence electrons. The first-order valence-corrected chi connectivity index (χ1v) is 8.96. The van der Waals surface area contributed by atoms with Crippen LogP contribution in [0.2, 0.25) is 0 Å². The average Bonchev–Trinajstić information content (AvgIpc) is 2.63. The number of hydrogen-bond donors (Lipinski definition) is 0. The zero-order valence-corrected chi connectivity index (χ0v) is 14.6. The Kier molecular flexibility index (Phi) is 6.33. The molecule has 2 aromatic rings. The van der Waals surface area contributed by atoms with Gasteiger partial charge in [0.15, 0.2) is 0 Å². The maximum Gasteiger partial charge on any atom is 0.545 e. The summed E-state index contributed by atoms with van der Waals surface area (Å²) in [5.74, 6) is 6.33. The molecule has 0 bridgehead atoms. The third-order valence-corrected chi connectivity index (χ3v) is 5.90. The third-order valence-electron chi connectivity index (χ3n) is 3.36. The molecule has 4 heteroatoms. The van der Waals surface area contributed by atoms with E-state index >= 15 is 0 Å². The van der Waals surface area contributed by atoms with Crippen LogP contribution in [0.15, 0.2) is 65.9 Å². The maximum absolute atomic E-state index is 5.58. The lowest BCUT2D eigenvalue weighted by molar-refractivity contribution is 0.136. The molecule has 0 saturated heterocycles. The Morgan fingerprint density at radius 1 is 0.826 bits per heavy atom. The summed E-state index contributed by atoms with van der Waals surface area (Å²) in [5.41, 5.74) is 1.95. The van der Waals surface area contributed by atoms with Crippen LogP contribution in [0.25, 0.3) is 6.08 Å². The van der Waals surface area contributed by atoms with Crippen molar-refractivity contribution >= 4 is 14.9 Å². The monoisotopic (exact) mass is 324 g/mol. The van der Waals surface area contributed by atoms with E-state index in [2.05, 4.69) is 11.8 Å². The zero-order valence-electron chi connectivity index (χ0n) is 13.6. The summed E-state index contributed by atoms with van der Waals surface area (Å²) in [6.07, 6.45) is 1.96. The highest BCUT2D eigenvalue weighted by Gasteiger charge is 2.42. The Hall–Kier alpha value is -2.16. The molecule has 0 atom stereocenters. The Labute approximate surface area is 138 Å². The first kappa shape index (κ1) is 17.2. The Morgan fingerprint density at radius 2 is 1.35 bits per heavy atom. The summed E-state index contributed by atoms with van der Waals surface area (Å²) in [6.45, 7) is 0. The molecule has 0 aromatic heterocycles. The number of hydrogen-bond acceptors (Lipinski definition) is 3. The van der Waals surface area contributed by atoms with Gasteiger partial charge >= 0.3 is 8.80 Å². The average molecular weight is 324 g/mol. The van der Waals surface area contributed by atoms with Crippen molar-refractivity contribution in [2.75, 3.05) is 21.3 Å². The number of benzene rings is 2. The summed E-state index contributed by atoms with van der Waals surface area (Å²) in [5, 5.41) is 0.722. The molecule has 0 fully saturated rings. The number of rotatable bonds is 5. The second-order valence-corrected chi connectivity index (χ2v) is 7.63. The second-order valence-electron chi connectivity index (χ2n) is 4.75. The topological polar surface area (TPSA) is 27.7 Å². The van der Waals surface area contributed by atoms with Gasteiger partial charge in [-0.3, -0.25) is 0 Å². The van der Waals surface area contributed by atoms with Crippen molar-refractivity contribution in [2.24, 2.45) is 0 Å². The lowest BCUT2D eigenvalue weighted by Gasteiger charge is -2.24. The molecule has 2 rings (SSSR count). The van der Waals surface area contributed by atoms with Crippen molar-refractivity contribution in [2.45, 2.75) is 0 Å². The minimum absolute atomic E-state index is 0.722. The van der Waals surface area contributed by atoms with E-state index in [9.17, 15) is 0 Å². The van der Waals surface area contributed by atoms with Gasteiger partial charge in [-0.25, -0.2) is 0 Å². The van der Waals surface area contributed by atoms with Gasteiger partial charge in [0.2, 0.25) is 0 Å². The standard InChI is InChI=1S/C19H20O3Si/c1-20-23(21-2,22-3)19(16-18-12-8-5-9-13-18)15-14-17-10-6-4-7-11-17/h4-13,16H,1-3H3/b19-16+. The van der Waals surface area contributed by atoms with E-state index in [0.717, 1.165) is 16.3 Å². The molecule has 0 unspecified atom stereocenters. The third kappa shape index (κ3) is 4.41. The van der Waals surface area contributed by atoms with Crippen LogP contribution in [0, 0.1) is 11.8 Å². The van der Waals surface area contributed by atoms with Gasteiger partial charge in [-0.1, -0.05) is 60.4 Å². The van der Waals surface area contributed by atoms with E-state index in [1.807, 2.05) is 66.7 Å². The van der Waals surface area contributed by atoms with Crippen LogP contribution >= 0.6 is 0 Å². The molecule has 0 radical (unpaired) electrons. The van der Waals surface area contributed by atoms with Gasteiger partial charge in [-0.05, 0) is 23.8 Å². The fraction of sp³-hybridized carbons (Fsp3) is 0.158. The van der Waals surface area contributed by atoms with Gasteiger partial charge in [-0.15, -0.1) is 0 Å². The molecule has 0 aliphatic heterocycles. The van der Waals surface area contributed by atoms with Crippen LogP contribution in [0.1, 0.15) is 11.1 Å². The van der Waals surface area contributed by atoms with Crippen molar-refractivity contribution in [3.05, 3.63) is 77.0 Å². The summed E-state index contributed by atoms with van der Waals surface area (Å²) in [6, 6.07) is 19.7. The van der Waals surface area contributed by atoms with Crippen molar-refractivity contribution < 1.29 is 13.3 Å². The Balaban J connectivity index is 2.48. The summed E-state index contributed by atoms with van der Waals surface area (Å²) >= 11 is 0. The largest absolute Gasteiger partial charge is 0.545 e. The second kappa shape index (κ2) is 8.46. The van der Waals surface area contributed by atoms with E-state index in [0.29, 0.717) is 0 Å². The molecular formula is C19H20O3Si. The summed E-state index contributed by atoms with van der Waals surface area (Å²) < 4.78 is 16.7. The van der Waals surface area contributed by atoms with Crippen LogP contribution in [0.5, 0.6) is 0 Å². The SMILES string of the molecule is CO[Si](OC)(OC)/C(C#Cc1ccccc1)=C/c1ccccc1. The Morgan fingerprint density at radius 3 is 1.87 bits per heavy atom. The van der Waals surface area contributed by atoms with Gasteiger partial charge < -0.3 is 13.3 Å². The van der Waals surface area contributed by atoms with Gasteiger partial charge in [0, 0.05) is 26.9 Å². The highest BCUT2D eigenvalue weighted by molar-refractivity contribution is 6.70. The quantitative estimate of drug-likeness (QED) is 0.622. The van der Waals surface area contributed by atoms with Gasteiger partial charge in [0.05, 0.1) is 5.20 Å². The van der Waals surface area contributed by atoms with E-state index in [1.165, 1.54) is 0 Å². The van der Waals surface area contributed by atoms with Gasteiger partial charge in [0.25, 0.3) is 0 Å². The molecule has 23 heavy (non-hydrogen) atoms. The normalized spacial score (nSPS) is 11.7. The van der Waals surface area contributed by atoms with E-state index in [1.54, 1.807) is 21.3 Å². The lowest BCUT2D eigenvalue weighted by Crippen LogP contribution is -2.45. The molecular weight excluding hydrogens is 304 g/mol. The summed E-state index contributed by atoms with van der Waals surface area (Å²) in [4.78, 5) is 0. The van der Waals surface area contributed by atoms with Crippen LogP contribution in [-0.4, -0.2) is 30.1 Å². The minimum atomic E-state index is -3.00. The first-order chi connectivity index (χ1) is 11.2. The lowest BCUT2D eigenvalue weighted by atomic mass is 10.2. The first-order valence-electron chi connectivity index (χ1n) is 7.24. The van der Waals surface area contributed by atoms with Crippen LogP contribution in [0.3, 0.4) is 0 Å². The highest BCUT2D eigenvalue weighted by atomic mass is 28.4. The molecule has 0 spiro atoms. The fourth-order valence-corrected chi connectivity index (χ4v) is 3.88. The van der Waals surface area contributed by atoms with Crippen molar-refractivity contribution in [1.29, 1.82) is 0 Å². The Bertz CT molecular complexity index is 687. The van der Waals surface area contributed by atoms with Gasteiger partial charge in [0.1, 0.15) is 0 Å². The number of allylic oxidation sites excluding steroid dienone is 1. The van der Waals surface area contributed by atoms with Crippen molar-refractivity contribution in [1.82, 2.24) is 0 Å². The molecule has 0 aliphatic carbocycles. The molecule has 2 aromatic carbocycles. The molecule has 0 heterocycles. The van der Waals surface area contributed by atoms with Crippen molar-refractivity contribution in [3.8, 4) is 11.8 Å². The van der Waals surface area contributed by atoms with E-state index in [-0.39, 0.29) is 0 Å². The predicted octanol–water partition coefficient (Wildman–Crippen LogP) is 3.54. The molecule has 0 saturated carbocycles.